The van der Waals surface area contributed by atoms with Crippen molar-refractivity contribution in [3.8, 4) is 0 Å². The van der Waals surface area contributed by atoms with E-state index in [0.29, 0.717) is 0 Å². The Bertz CT molecular complexity index is 1690. The number of aromatic nitrogens is 1. The fourth-order valence-electron chi connectivity index (χ4n) is 5.11. The first-order chi connectivity index (χ1) is 18.2. The maximum atomic E-state index is 4.80. The Balaban J connectivity index is 1.11. The highest BCUT2D eigenvalue weighted by atomic mass is 79.9. The molecule has 0 saturated carbocycles. The molecule has 1 aromatic heterocycles. The largest absolute Gasteiger partial charge is 0.349 e. The maximum absolute atomic E-state index is 4.80. The van der Waals surface area contributed by atoms with Gasteiger partial charge in [-0.3, -0.25) is 4.99 Å². The first-order valence-corrected chi connectivity index (χ1v) is 13.9. The number of thiazole rings is 1. The molecule has 7 rings (SSSR count). The number of halogens is 1. The summed E-state index contributed by atoms with van der Waals surface area (Å²) in [5.41, 5.74) is 9.61. The molecule has 37 heavy (non-hydrogen) atoms. The van der Waals surface area contributed by atoms with Crippen LogP contribution in [-0.2, 0) is 13.1 Å². The van der Waals surface area contributed by atoms with E-state index >= 15 is 0 Å². The van der Waals surface area contributed by atoms with Crippen LogP contribution in [0.4, 0.5) is 17.1 Å². The zero-order valence-electron chi connectivity index (χ0n) is 20.0. The number of hydrogen-bond donors (Lipinski definition) is 0. The van der Waals surface area contributed by atoms with Crippen molar-refractivity contribution in [1.82, 2.24) is 4.98 Å². The minimum absolute atomic E-state index is 0.911. The van der Waals surface area contributed by atoms with E-state index in [0.717, 1.165) is 50.7 Å². The smallest absolute Gasteiger partial charge is 0.117 e. The third-order valence-electron chi connectivity index (χ3n) is 6.86. The zero-order valence-corrected chi connectivity index (χ0v) is 22.4. The molecule has 0 amide bonds. The van der Waals surface area contributed by atoms with Crippen molar-refractivity contribution < 1.29 is 0 Å². The molecule has 5 aromatic rings. The summed E-state index contributed by atoms with van der Waals surface area (Å²) in [6.07, 6.45) is 6.15. The molecule has 3 heterocycles. The third-order valence-corrected chi connectivity index (χ3v) is 8.34. The van der Waals surface area contributed by atoms with Crippen molar-refractivity contribution in [3.05, 3.63) is 117 Å². The molecule has 4 nitrogen and oxygen atoms in total. The van der Waals surface area contributed by atoms with Crippen molar-refractivity contribution in [3.63, 3.8) is 0 Å². The molecule has 0 aliphatic carbocycles. The lowest BCUT2D eigenvalue weighted by atomic mass is 10.0. The van der Waals surface area contributed by atoms with Gasteiger partial charge in [-0.25, -0.2) is 4.98 Å². The summed E-state index contributed by atoms with van der Waals surface area (Å²) in [5.74, 6) is 0. The predicted octanol–water partition coefficient (Wildman–Crippen LogP) is 8.28. The number of hydrogen-bond acceptors (Lipinski definition) is 5. The van der Waals surface area contributed by atoms with Crippen LogP contribution in [0.25, 0.3) is 22.4 Å². The van der Waals surface area contributed by atoms with Gasteiger partial charge in [0.15, 0.2) is 0 Å². The van der Waals surface area contributed by atoms with Crippen LogP contribution in [0.15, 0.2) is 94.4 Å². The average molecular weight is 564 g/mol. The van der Waals surface area contributed by atoms with E-state index in [1.54, 1.807) is 11.3 Å². The molecule has 6 heteroatoms. The van der Waals surface area contributed by atoms with E-state index in [2.05, 4.69) is 98.5 Å². The van der Waals surface area contributed by atoms with Crippen LogP contribution in [0.3, 0.4) is 0 Å². The van der Waals surface area contributed by atoms with Gasteiger partial charge in [-0.2, -0.15) is 0 Å². The molecule has 0 radical (unpaired) electrons. The number of rotatable bonds is 4. The zero-order chi connectivity index (χ0) is 24.8. The standard InChI is InChI=1S/C31H23BrN4S/c32-25-8-12-29-24(15-25)19-36-20-35(29)18-23-14-22(6-11-28(23)36)17-33-26-9-10-27-30(16-26)37-31(34-27)13-7-21-4-2-1-3-5-21/h1-17H,18-20H2/b13-7+,33-17+. The highest BCUT2D eigenvalue weighted by Gasteiger charge is 2.29. The summed E-state index contributed by atoms with van der Waals surface area (Å²) in [6, 6.07) is 29.8. The van der Waals surface area contributed by atoms with Crippen molar-refractivity contribution >= 4 is 72.9 Å². The summed E-state index contributed by atoms with van der Waals surface area (Å²) in [5, 5.41) is 0.999. The van der Waals surface area contributed by atoms with Crippen molar-refractivity contribution in [1.29, 1.82) is 0 Å². The Kier molecular flexibility index (Phi) is 5.64. The fraction of sp³-hybridized carbons (Fsp3) is 0.0968. The topological polar surface area (TPSA) is 31.7 Å². The highest BCUT2D eigenvalue weighted by molar-refractivity contribution is 9.10. The van der Waals surface area contributed by atoms with Gasteiger partial charge in [0.1, 0.15) is 5.01 Å². The average Bonchev–Trinajstić information content (AvgIpc) is 3.33. The first-order valence-electron chi connectivity index (χ1n) is 12.3. The van der Waals surface area contributed by atoms with E-state index in [1.807, 2.05) is 30.5 Å². The molecule has 180 valence electrons. The molecule has 0 unspecified atom stereocenters. The van der Waals surface area contributed by atoms with Crippen LogP contribution in [0.5, 0.6) is 0 Å². The number of fused-ring (bicyclic) bond motifs is 7. The van der Waals surface area contributed by atoms with Crippen molar-refractivity contribution in [2.75, 3.05) is 16.5 Å². The van der Waals surface area contributed by atoms with Gasteiger partial charge < -0.3 is 9.80 Å². The van der Waals surface area contributed by atoms with Crippen molar-refractivity contribution in [2.45, 2.75) is 13.1 Å². The predicted molar refractivity (Wildman–Crippen MR) is 160 cm³/mol. The molecule has 4 aromatic carbocycles. The van der Waals surface area contributed by atoms with Gasteiger partial charge in [0, 0.05) is 35.2 Å². The van der Waals surface area contributed by atoms with Gasteiger partial charge >= 0.3 is 0 Å². The molecule has 2 aliphatic rings. The van der Waals surface area contributed by atoms with E-state index in [-0.39, 0.29) is 0 Å². The summed E-state index contributed by atoms with van der Waals surface area (Å²) < 4.78 is 2.28. The van der Waals surface area contributed by atoms with E-state index < -0.39 is 0 Å². The minimum atomic E-state index is 0.911. The molecular formula is C31H23BrN4S. The lowest BCUT2D eigenvalue weighted by Gasteiger charge is -2.44. The second-order valence-corrected chi connectivity index (χ2v) is 11.4. The molecule has 0 spiro atoms. The molecule has 0 N–H and O–H groups in total. The van der Waals surface area contributed by atoms with Gasteiger partial charge in [-0.05, 0) is 76.9 Å². The Hall–Kier alpha value is -3.74. The summed E-state index contributed by atoms with van der Waals surface area (Å²) >= 11 is 5.31. The monoisotopic (exact) mass is 562 g/mol. The molecule has 0 fully saturated rings. The third kappa shape index (κ3) is 4.47. The Morgan fingerprint density at radius 3 is 2.41 bits per heavy atom. The van der Waals surface area contributed by atoms with Gasteiger partial charge in [0.05, 0.1) is 22.6 Å². The minimum Gasteiger partial charge on any atom is -0.349 e. The second-order valence-electron chi connectivity index (χ2n) is 9.40. The molecule has 0 saturated heterocycles. The normalized spacial score (nSPS) is 14.5. The van der Waals surface area contributed by atoms with Gasteiger partial charge in [-0.15, -0.1) is 11.3 Å². The van der Waals surface area contributed by atoms with Gasteiger partial charge in [0.2, 0.25) is 0 Å². The molecule has 0 atom stereocenters. The van der Waals surface area contributed by atoms with Gasteiger partial charge in [-0.1, -0.05) is 58.4 Å². The Morgan fingerprint density at radius 1 is 0.784 bits per heavy atom. The number of nitrogens with zero attached hydrogens (tertiary/aromatic N) is 4. The fourth-order valence-corrected chi connectivity index (χ4v) is 6.43. The number of aliphatic imine (C=N–C) groups is 1. The van der Waals surface area contributed by atoms with E-state index in [4.69, 9.17) is 9.98 Å². The Labute approximate surface area is 228 Å². The SMILES string of the molecule is Brc1ccc2c(c1)CN1CN2Cc2cc(/C=N/c3ccc4nc(/C=C/c5ccccc5)sc4c3)ccc21. The lowest BCUT2D eigenvalue weighted by Crippen LogP contribution is -2.46. The van der Waals surface area contributed by atoms with Crippen LogP contribution in [0, 0.1) is 0 Å². The Morgan fingerprint density at radius 2 is 1.57 bits per heavy atom. The van der Waals surface area contributed by atoms with Crippen LogP contribution < -0.4 is 9.80 Å². The molecular weight excluding hydrogens is 540 g/mol. The van der Waals surface area contributed by atoms with E-state index in [1.165, 1.54) is 28.1 Å². The van der Waals surface area contributed by atoms with Gasteiger partial charge in [0.25, 0.3) is 0 Å². The lowest BCUT2D eigenvalue weighted by molar-refractivity contribution is 0.650. The van der Waals surface area contributed by atoms with Crippen LogP contribution >= 0.6 is 27.3 Å². The van der Waals surface area contributed by atoms with Crippen molar-refractivity contribution in [2.24, 2.45) is 4.99 Å². The number of benzene rings is 4. The number of anilines is 2. The summed E-state index contributed by atoms with van der Waals surface area (Å²) in [6.45, 7) is 2.78. The maximum Gasteiger partial charge on any atom is 0.117 e. The first kappa shape index (κ1) is 22.5. The van der Waals surface area contributed by atoms with Crippen LogP contribution in [0.1, 0.15) is 27.3 Å². The molecule has 2 aliphatic heterocycles. The van der Waals surface area contributed by atoms with Crippen LogP contribution in [0.2, 0.25) is 0 Å². The summed E-state index contributed by atoms with van der Waals surface area (Å²) in [7, 11) is 0. The summed E-state index contributed by atoms with van der Waals surface area (Å²) in [4.78, 5) is 14.5. The molecule has 2 bridgehead atoms. The quantitative estimate of drug-likeness (QED) is 0.206. The second kappa shape index (κ2) is 9.29. The van der Waals surface area contributed by atoms with Crippen LogP contribution in [-0.4, -0.2) is 17.9 Å². The highest BCUT2D eigenvalue weighted by Crippen LogP contribution is 2.39. The van der Waals surface area contributed by atoms with E-state index in [9.17, 15) is 0 Å².